The molecule has 14 heavy (non-hydrogen) atoms. The van der Waals surface area contributed by atoms with Crippen molar-refractivity contribution in [1.82, 2.24) is 10.2 Å². The number of nitrogens with one attached hydrogen (secondary N) is 1. The molecule has 0 atom stereocenters. The van der Waals surface area contributed by atoms with Crippen LogP contribution in [0.4, 0.5) is 0 Å². The zero-order chi connectivity index (χ0) is 10.6. The van der Waals surface area contributed by atoms with E-state index in [1.54, 1.807) is 13.1 Å². The van der Waals surface area contributed by atoms with Gasteiger partial charge in [0, 0.05) is 25.7 Å². The standard InChI is InChI=1S/C9H14N2O3/c1-10-8(12)6-11-4-2-3-7(5-11)9(13)14/h3H,2,4-6H2,1H3,(H,10,12)(H,13,14). The molecule has 78 valence electrons. The Morgan fingerprint density at radius 1 is 1.64 bits per heavy atom. The molecule has 0 aromatic rings. The van der Waals surface area contributed by atoms with Gasteiger partial charge in [0.05, 0.1) is 6.54 Å². The molecule has 1 heterocycles. The highest BCUT2D eigenvalue weighted by molar-refractivity contribution is 5.87. The summed E-state index contributed by atoms with van der Waals surface area (Å²) in [6.45, 7) is 1.36. The number of carboxylic acids is 1. The lowest BCUT2D eigenvalue weighted by atomic mass is 10.1. The molecule has 1 amide bonds. The van der Waals surface area contributed by atoms with E-state index in [0.717, 1.165) is 6.54 Å². The number of aliphatic carboxylic acids is 1. The van der Waals surface area contributed by atoms with E-state index in [2.05, 4.69) is 5.32 Å². The van der Waals surface area contributed by atoms with Crippen molar-refractivity contribution in [3.8, 4) is 0 Å². The van der Waals surface area contributed by atoms with Crippen LogP contribution in [0.3, 0.4) is 0 Å². The van der Waals surface area contributed by atoms with Crippen molar-refractivity contribution in [2.45, 2.75) is 6.42 Å². The van der Waals surface area contributed by atoms with Crippen molar-refractivity contribution in [1.29, 1.82) is 0 Å². The molecule has 1 aliphatic heterocycles. The van der Waals surface area contributed by atoms with E-state index in [1.165, 1.54) is 0 Å². The Labute approximate surface area is 82.4 Å². The van der Waals surface area contributed by atoms with E-state index in [-0.39, 0.29) is 12.5 Å². The monoisotopic (exact) mass is 198 g/mol. The quantitative estimate of drug-likeness (QED) is 0.638. The lowest BCUT2D eigenvalue weighted by molar-refractivity contribution is -0.133. The van der Waals surface area contributed by atoms with Gasteiger partial charge in [0.25, 0.3) is 0 Å². The summed E-state index contributed by atoms with van der Waals surface area (Å²) in [6, 6.07) is 0. The molecule has 0 aromatic heterocycles. The summed E-state index contributed by atoms with van der Waals surface area (Å²) in [7, 11) is 1.57. The fraction of sp³-hybridized carbons (Fsp3) is 0.556. The Morgan fingerprint density at radius 2 is 2.36 bits per heavy atom. The molecule has 5 heteroatoms. The third kappa shape index (κ3) is 2.85. The Bertz CT molecular complexity index is 273. The van der Waals surface area contributed by atoms with Crippen molar-refractivity contribution in [3.63, 3.8) is 0 Å². The number of amides is 1. The molecule has 5 nitrogen and oxygen atoms in total. The van der Waals surface area contributed by atoms with Gasteiger partial charge in [0.15, 0.2) is 0 Å². The predicted octanol–water partition coefficient (Wildman–Crippen LogP) is -0.551. The molecule has 0 saturated heterocycles. The van der Waals surface area contributed by atoms with E-state index in [0.29, 0.717) is 18.5 Å². The number of carbonyl (C=O) groups is 2. The van der Waals surface area contributed by atoms with Gasteiger partial charge in [-0.05, 0) is 6.42 Å². The van der Waals surface area contributed by atoms with E-state index >= 15 is 0 Å². The second-order valence-electron chi connectivity index (χ2n) is 3.21. The van der Waals surface area contributed by atoms with Crippen LogP contribution >= 0.6 is 0 Å². The average Bonchev–Trinajstić information content (AvgIpc) is 2.18. The Balaban J connectivity index is 2.48. The van der Waals surface area contributed by atoms with Crippen LogP contribution in [-0.4, -0.2) is 48.6 Å². The number of rotatable bonds is 3. The molecule has 2 N–H and O–H groups in total. The first-order valence-electron chi connectivity index (χ1n) is 4.48. The third-order valence-electron chi connectivity index (χ3n) is 2.15. The van der Waals surface area contributed by atoms with Crippen LogP contribution < -0.4 is 5.32 Å². The molecule has 0 bridgehead atoms. The van der Waals surface area contributed by atoms with Gasteiger partial charge in [-0.15, -0.1) is 0 Å². The molecule has 0 saturated carbocycles. The smallest absolute Gasteiger partial charge is 0.332 e. The molecule has 0 aliphatic carbocycles. The first-order chi connectivity index (χ1) is 6.63. The highest BCUT2D eigenvalue weighted by atomic mass is 16.4. The minimum absolute atomic E-state index is 0.0864. The second-order valence-corrected chi connectivity index (χ2v) is 3.21. The Hall–Kier alpha value is -1.36. The van der Waals surface area contributed by atoms with E-state index in [1.807, 2.05) is 4.90 Å². The lowest BCUT2D eigenvalue weighted by Gasteiger charge is -2.24. The van der Waals surface area contributed by atoms with E-state index < -0.39 is 5.97 Å². The molecular formula is C9H14N2O3. The van der Waals surface area contributed by atoms with Crippen LogP contribution in [0, 0.1) is 0 Å². The van der Waals surface area contributed by atoms with Crippen molar-refractivity contribution in [2.75, 3.05) is 26.7 Å². The Morgan fingerprint density at radius 3 is 2.93 bits per heavy atom. The fourth-order valence-electron chi connectivity index (χ4n) is 1.38. The maximum Gasteiger partial charge on any atom is 0.332 e. The minimum Gasteiger partial charge on any atom is -0.478 e. The van der Waals surface area contributed by atoms with Gasteiger partial charge >= 0.3 is 5.97 Å². The number of likely N-dealkylation sites (N-methyl/N-ethyl adjacent to an activating group) is 1. The molecule has 0 radical (unpaired) electrons. The maximum atomic E-state index is 11.0. The second kappa shape index (κ2) is 4.76. The van der Waals surface area contributed by atoms with Crippen LogP contribution in [0.25, 0.3) is 0 Å². The van der Waals surface area contributed by atoms with Gasteiger partial charge in [0.2, 0.25) is 5.91 Å². The third-order valence-corrected chi connectivity index (χ3v) is 2.15. The molecule has 1 rings (SSSR count). The van der Waals surface area contributed by atoms with Crippen LogP contribution in [-0.2, 0) is 9.59 Å². The summed E-state index contributed by atoms with van der Waals surface area (Å²) >= 11 is 0. The SMILES string of the molecule is CNC(=O)CN1CCC=C(C(=O)O)C1. The largest absolute Gasteiger partial charge is 0.478 e. The van der Waals surface area contributed by atoms with Gasteiger partial charge in [-0.1, -0.05) is 6.08 Å². The summed E-state index contributed by atoms with van der Waals surface area (Å²) in [6.07, 6.45) is 2.40. The summed E-state index contributed by atoms with van der Waals surface area (Å²) in [4.78, 5) is 23.5. The zero-order valence-electron chi connectivity index (χ0n) is 8.12. The molecule has 0 fully saturated rings. The number of nitrogens with zero attached hydrogens (tertiary/aromatic N) is 1. The van der Waals surface area contributed by atoms with Crippen LogP contribution in [0.15, 0.2) is 11.6 Å². The molecule has 0 spiro atoms. The van der Waals surface area contributed by atoms with Gasteiger partial charge in [0.1, 0.15) is 0 Å². The van der Waals surface area contributed by atoms with Crippen molar-refractivity contribution in [3.05, 3.63) is 11.6 Å². The van der Waals surface area contributed by atoms with E-state index in [9.17, 15) is 9.59 Å². The van der Waals surface area contributed by atoms with Crippen molar-refractivity contribution < 1.29 is 14.7 Å². The van der Waals surface area contributed by atoms with Crippen LogP contribution in [0.1, 0.15) is 6.42 Å². The molecule has 0 unspecified atom stereocenters. The van der Waals surface area contributed by atoms with Gasteiger partial charge < -0.3 is 10.4 Å². The van der Waals surface area contributed by atoms with Crippen molar-refractivity contribution in [2.24, 2.45) is 0 Å². The first kappa shape index (κ1) is 10.7. The minimum atomic E-state index is -0.897. The summed E-state index contributed by atoms with van der Waals surface area (Å²) in [5.41, 5.74) is 0.375. The lowest BCUT2D eigenvalue weighted by Crippen LogP contribution is -2.39. The molecule has 0 aromatic carbocycles. The van der Waals surface area contributed by atoms with Crippen LogP contribution in [0.2, 0.25) is 0 Å². The van der Waals surface area contributed by atoms with E-state index in [4.69, 9.17) is 5.11 Å². The maximum absolute atomic E-state index is 11.0. The normalized spacial score (nSPS) is 17.4. The fourth-order valence-corrected chi connectivity index (χ4v) is 1.38. The molecule has 1 aliphatic rings. The first-order valence-corrected chi connectivity index (χ1v) is 4.48. The molecular weight excluding hydrogens is 184 g/mol. The van der Waals surface area contributed by atoms with Gasteiger partial charge in [-0.3, -0.25) is 9.69 Å². The van der Waals surface area contributed by atoms with Crippen LogP contribution in [0.5, 0.6) is 0 Å². The average molecular weight is 198 g/mol. The number of carboxylic acid groups (broad SMARTS) is 1. The number of hydrogen-bond donors (Lipinski definition) is 2. The predicted molar refractivity (Wildman–Crippen MR) is 50.8 cm³/mol. The summed E-state index contributed by atoms with van der Waals surface area (Å²) < 4.78 is 0. The highest BCUT2D eigenvalue weighted by Gasteiger charge is 2.18. The van der Waals surface area contributed by atoms with Crippen molar-refractivity contribution >= 4 is 11.9 Å². The Kier molecular flexibility index (Phi) is 3.64. The zero-order valence-corrected chi connectivity index (χ0v) is 8.12. The topological polar surface area (TPSA) is 69.6 Å². The van der Waals surface area contributed by atoms with Gasteiger partial charge in [-0.25, -0.2) is 4.79 Å². The summed E-state index contributed by atoms with van der Waals surface area (Å²) in [5.74, 6) is -0.983. The number of hydrogen-bond acceptors (Lipinski definition) is 3. The highest BCUT2D eigenvalue weighted by Crippen LogP contribution is 2.08. The van der Waals surface area contributed by atoms with Gasteiger partial charge in [-0.2, -0.15) is 0 Å². The number of carbonyl (C=O) groups excluding carboxylic acids is 1. The summed E-state index contributed by atoms with van der Waals surface area (Å²) in [5, 5.41) is 11.3.